The molecule has 0 aromatic heterocycles. The zero-order valence-corrected chi connectivity index (χ0v) is 54.9. The van der Waals surface area contributed by atoms with Crippen molar-refractivity contribution in [3.63, 3.8) is 0 Å². The van der Waals surface area contributed by atoms with E-state index in [0.29, 0.717) is 51.4 Å². The standard InChI is InChI=1S/C64H104O31/c1-24-35(71)39(75)42(78)53(86-24)91-48-30(70)22-84-52(45(48)81)90-47-25(2)87-54(44(80)41(47)77)93-50-36(72)29(69)21-85-57(50)95-58(83)64-15-13-59(3,4)17-27(64)26-9-10-34-60(5)18-28(68)51(61(6,23-67)33(60)11-12-63(34,8)62(26,7)14-16-64)94-56-46(82)49(38(74)32(20-66)89-56)92-55-43(79)40(76)37(73)31(19-65)88-55/h9,24-25,27-57,65-82H,10-23H2,1-8H3/t24-,25-,27-,28-,29-,30+,31+,32+,33?,34+,35-,36-,37+,38+,39+,40-,41-,42+,43+,44+,45+,46+,47-,48-,49-,50+,51-,52-,53-,54-,55-,56-,57-,60-,61-,62+,63+,64-/m0/s1. The van der Waals surface area contributed by atoms with E-state index >= 15 is 4.79 Å². The lowest BCUT2D eigenvalue weighted by atomic mass is 9.33. The Labute approximate surface area is 550 Å². The number of ether oxygens (including phenoxy) is 12. The summed E-state index contributed by atoms with van der Waals surface area (Å²) in [5.74, 6) is -1.40. The monoisotopic (exact) mass is 1370 g/mol. The molecule has 5 aliphatic carbocycles. The van der Waals surface area contributed by atoms with Gasteiger partial charge in [-0.1, -0.05) is 53.2 Å². The Bertz CT molecular complexity index is 2680. The molecule has 546 valence electrons. The fraction of sp³-hybridized carbons (Fsp3) is 0.953. The lowest BCUT2D eigenvalue weighted by molar-refractivity contribution is -0.377. The van der Waals surface area contributed by atoms with Crippen molar-refractivity contribution in [2.45, 2.75) is 297 Å². The van der Waals surface area contributed by atoms with Crippen LogP contribution in [-0.4, -0.2) is 315 Å². The first kappa shape index (κ1) is 74.2. The van der Waals surface area contributed by atoms with Gasteiger partial charge in [0.2, 0.25) is 6.29 Å². The van der Waals surface area contributed by atoms with Crippen LogP contribution in [0.25, 0.3) is 0 Å². The summed E-state index contributed by atoms with van der Waals surface area (Å²) in [6.07, 6.45) is -42.0. The summed E-state index contributed by atoms with van der Waals surface area (Å²) >= 11 is 0. The normalized spacial score (nSPS) is 55.6. The molecule has 0 amide bonds. The Morgan fingerprint density at radius 3 is 1.67 bits per heavy atom. The Balaban J connectivity index is 0.784. The van der Waals surface area contributed by atoms with Crippen LogP contribution < -0.4 is 0 Å². The molecular formula is C64H104O31. The Morgan fingerprint density at radius 2 is 1.02 bits per heavy atom. The minimum atomic E-state index is -1.96. The van der Waals surface area contributed by atoms with Crippen LogP contribution >= 0.6 is 0 Å². The van der Waals surface area contributed by atoms with E-state index in [2.05, 4.69) is 40.7 Å². The van der Waals surface area contributed by atoms with Crippen molar-refractivity contribution >= 4 is 5.97 Å². The number of carbonyl (C=O) groups is 1. The van der Waals surface area contributed by atoms with Crippen LogP contribution in [0.3, 0.4) is 0 Å². The zero-order chi connectivity index (χ0) is 69.3. The molecule has 31 nitrogen and oxygen atoms in total. The topological polar surface area (TPSA) is 492 Å². The van der Waals surface area contributed by atoms with Crippen LogP contribution in [-0.2, 0) is 61.6 Å². The maximum Gasteiger partial charge on any atom is 0.315 e. The summed E-state index contributed by atoms with van der Waals surface area (Å²) in [5.41, 5.74) is -3.12. The van der Waals surface area contributed by atoms with Gasteiger partial charge in [0.1, 0.15) is 116 Å². The number of hydrogen-bond donors (Lipinski definition) is 18. The van der Waals surface area contributed by atoms with Gasteiger partial charge in [-0.15, -0.1) is 0 Å². The summed E-state index contributed by atoms with van der Waals surface area (Å²) in [6, 6.07) is 0. The molecule has 6 saturated heterocycles. The third kappa shape index (κ3) is 12.6. The lowest BCUT2D eigenvalue weighted by Gasteiger charge is -2.72. The molecular weight excluding hydrogens is 1260 g/mol. The minimum absolute atomic E-state index is 0.105. The molecule has 11 aliphatic rings. The molecule has 0 spiro atoms. The number of esters is 1. The van der Waals surface area contributed by atoms with E-state index in [1.807, 2.05) is 6.92 Å². The summed E-state index contributed by atoms with van der Waals surface area (Å²) in [6.45, 7) is 12.6. The van der Waals surface area contributed by atoms with Gasteiger partial charge in [0.05, 0.1) is 62.9 Å². The van der Waals surface area contributed by atoms with Gasteiger partial charge in [0, 0.05) is 5.41 Å². The summed E-state index contributed by atoms with van der Waals surface area (Å²) in [4.78, 5) is 15.5. The van der Waals surface area contributed by atoms with Gasteiger partial charge in [0.25, 0.3) is 0 Å². The molecule has 38 atom stereocenters. The smallest absolute Gasteiger partial charge is 0.315 e. The van der Waals surface area contributed by atoms with Crippen molar-refractivity contribution in [3.8, 4) is 0 Å². The van der Waals surface area contributed by atoms with E-state index in [1.165, 1.54) is 13.8 Å². The van der Waals surface area contributed by atoms with E-state index in [4.69, 9.17) is 56.8 Å². The predicted octanol–water partition coefficient (Wildman–Crippen LogP) is -5.11. The van der Waals surface area contributed by atoms with E-state index in [0.717, 1.165) is 5.57 Å². The second kappa shape index (κ2) is 27.7. The van der Waals surface area contributed by atoms with Crippen LogP contribution in [0.2, 0.25) is 0 Å². The highest BCUT2D eigenvalue weighted by Crippen LogP contribution is 2.76. The first-order valence-corrected chi connectivity index (χ1v) is 33.6. The maximum absolute atomic E-state index is 15.5. The lowest BCUT2D eigenvalue weighted by Crippen LogP contribution is -2.70. The van der Waals surface area contributed by atoms with Gasteiger partial charge in [-0.05, 0) is 111 Å². The van der Waals surface area contributed by atoms with E-state index in [9.17, 15) is 91.9 Å². The van der Waals surface area contributed by atoms with Gasteiger partial charge in [-0.3, -0.25) is 4.79 Å². The second-order valence-corrected chi connectivity index (χ2v) is 31.0. The largest absolute Gasteiger partial charge is 0.432 e. The Kier molecular flexibility index (Phi) is 21.6. The predicted molar refractivity (Wildman–Crippen MR) is 316 cm³/mol. The van der Waals surface area contributed by atoms with Gasteiger partial charge in [-0.2, -0.15) is 0 Å². The number of aliphatic hydroxyl groups is 18. The third-order valence-electron chi connectivity index (χ3n) is 24.9. The Morgan fingerprint density at radius 1 is 0.484 bits per heavy atom. The quantitative estimate of drug-likeness (QED) is 0.0414. The van der Waals surface area contributed by atoms with E-state index in [1.54, 1.807) is 0 Å². The van der Waals surface area contributed by atoms with Crippen molar-refractivity contribution < 1.29 is 154 Å². The maximum atomic E-state index is 15.5. The number of rotatable bonds is 15. The van der Waals surface area contributed by atoms with Crippen LogP contribution in [0, 0.1) is 50.2 Å². The molecule has 0 radical (unpaired) electrons. The van der Waals surface area contributed by atoms with E-state index < -0.39 is 250 Å². The highest BCUT2D eigenvalue weighted by molar-refractivity contribution is 5.79. The first-order chi connectivity index (χ1) is 44.6. The number of aliphatic hydroxyl groups excluding tert-OH is 18. The zero-order valence-electron chi connectivity index (χ0n) is 54.9. The first-order valence-electron chi connectivity index (χ1n) is 33.6. The molecule has 0 aromatic carbocycles. The second-order valence-electron chi connectivity index (χ2n) is 31.0. The fourth-order valence-electron chi connectivity index (χ4n) is 19.0. The molecule has 95 heavy (non-hydrogen) atoms. The molecule has 10 fully saturated rings. The highest BCUT2D eigenvalue weighted by Gasteiger charge is 2.72. The van der Waals surface area contributed by atoms with Crippen molar-refractivity contribution in [2.75, 3.05) is 33.0 Å². The molecule has 1 unspecified atom stereocenters. The minimum Gasteiger partial charge on any atom is -0.432 e. The molecule has 11 rings (SSSR count). The van der Waals surface area contributed by atoms with Crippen LogP contribution in [0.15, 0.2) is 11.6 Å². The molecule has 0 bridgehead atoms. The van der Waals surface area contributed by atoms with Crippen LogP contribution in [0.5, 0.6) is 0 Å². The summed E-state index contributed by atoms with van der Waals surface area (Å²) in [7, 11) is 0. The molecule has 6 aliphatic heterocycles. The molecule has 6 heterocycles. The summed E-state index contributed by atoms with van der Waals surface area (Å²) in [5, 5.41) is 198. The highest BCUT2D eigenvalue weighted by atomic mass is 16.8. The molecule has 31 heteroatoms. The van der Waals surface area contributed by atoms with Gasteiger partial charge >= 0.3 is 5.97 Å². The summed E-state index contributed by atoms with van der Waals surface area (Å²) < 4.78 is 71.1. The van der Waals surface area contributed by atoms with E-state index in [-0.39, 0.29) is 29.6 Å². The number of hydrogen-bond acceptors (Lipinski definition) is 31. The van der Waals surface area contributed by atoms with Crippen molar-refractivity contribution in [1.82, 2.24) is 0 Å². The number of carbonyl (C=O) groups excluding carboxylic acids is 1. The van der Waals surface area contributed by atoms with Crippen LogP contribution in [0.1, 0.15) is 113 Å². The van der Waals surface area contributed by atoms with Crippen molar-refractivity contribution in [1.29, 1.82) is 0 Å². The van der Waals surface area contributed by atoms with Gasteiger partial charge < -0.3 is 149 Å². The third-order valence-corrected chi connectivity index (χ3v) is 24.9. The van der Waals surface area contributed by atoms with Crippen molar-refractivity contribution in [2.24, 2.45) is 50.2 Å². The molecule has 4 saturated carbocycles. The molecule has 0 aromatic rings. The van der Waals surface area contributed by atoms with Gasteiger partial charge in [-0.25, -0.2) is 0 Å². The van der Waals surface area contributed by atoms with Crippen LogP contribution in [0.4, 0.5) is 0 Å². The Hall–Kier alpha value is -1.95. The molecule has 18 N–H and O–H groups in total. The number of allylic oxidation sites excluding steroid dienone is 2. The van der Waals surface area contributed by atoms with Gasteiger partial charge in [0.15, 0.2) is 37.6 Å². The average Bonchev–Trinajstić information content (AvgIpc) is 0.674. The number of fused-ring (bicyclic) bond motifs is 7. The average molecular weight is 1370 g/mol. The van der Waals surface area contributed by atoms with Crippen molar-refractivity contribution in [3.05, 3.63) is 11.6 Å². The fourth-order valence-corrected chi connectivity index (χ4v) is 19.0. The SMILES string of the molecule is C[C@@H]1O[C@@H](O[C@@H]2[C@@H](O)[C@H](O[C@@H]3[C@@H](O)[C@@H](O)[C@H](O[C@H]4[C@H](OC(=O)[C@]56CCC(C)(C)C[C@H]5C5=CC[C@@H]7[C@@]8(C)C[C@H](O)[C@H](O[C@@H]9O[C@H](CO)[C@@H](O)[C@H](O[C@@H]%10O[C@H](CO)[C@@H](O)[C@H](O)[C@H]%10O)[C@H]9O)[C@@](C)(CO)C8CC[C@@]7(C)[C@]5(C)CC6)OC[C@H](O)[C@@H]4O)O[C@H]3C)OC[C@H]2O)[C@H](O)[C@H](O)[C@H]1O.